The van der Waals surface area contributed by atoms with Gasteiger partial charge in [-0.15, -0.1) is 0 Å². The highest BCUT2D eigenvalue weighted by molar-refractivity contribution is 6.31. The van der Waals surface area contributed by atoms with Gasteiger partial charge in [-0.2, -0.15) is 0 Å². The number of carbonyl (C=O) groups excluding carboxylic acids is 1. The van der Waals surface area contributed by atoms with Crippen LogP contribution in [-0.2, 0) is 11.2 Å². The lowest BCUT2D eigenvalue weighted by molar-refractivity contribution is -0.115. The topological polar surface area (TPSA) is 29.1 Å². The van der Waals surface area contributed by atoms with E-state index < -0.39 is 0 Å². The Morgan fingerprint density at radius 1 is 1.50 bits per heavy atom. The van der Waals surface area contributed by atoms with E-state index in [0.717, 1.165) is 16.8 Å². The maximum absolute atomic E-state index is 11.0. The third-order valence-electron chi connectivity index (χ3n) is 2.00. The SMILES string of the molecule is Cc1cc(Cl)cc2c1NC(=O)C2. The number of anilines is 1. The molecule has 62 valence electrons. The van der Waals surface area contributed by atoms with Gasteiger partial charge in [0.1, 0.15) is 0 Å². The number of fused-ring (bicyclic) bond motifs is 1. The second-order valence-corrected chi connectivity index (χ2v) is 3.42. The summed E-state index contributed by atoms with van der Waals surface area (Å²) >= 11 is 5.84. The highest BCUT2D eigenvalue weighted by Gasteiger charge is 2.19. The highest BCUT2D eigenvalue weighted by atomic mass is 35.5. The summed E-state index contributed by atoms with van der Waals surface area (Å²) in [6, 6.07) is 3.69. The van der Waals surface area contributed by atoms with Gasteiger partial charge in [-0.3, -0.25) is 4.79 Å². The standard InChI is InChI=1S/C9H8ClNO/c1-5-2-7(10)3-6-4-8(12)11-9(5)6/h2-3H,4H2,1H3,(H,11,12). The fourth-order valence-electron chi connectivity index (χ4n) is 1.49. The lowest BCUT2D eigenvalue weighted by atomic mass is 10.1. The Morgan fingerprint density at radius 2 is 2.25 bits per heavy atom. The maximum Gasteiger partial charge on any atom is 0.228 e. The average Bonchev–Trinajstić information content (AvgIpc) is 2.29. The van der Waals surface area contributed by atoms with Crippen LogP contribution in [0.5, 0.6) is 0 Å². The number of hydrogen-bond acceptors (Lipinski definition) is 1. The Balaban J connectivity index is 2.59. The third-order valence-corrected chi connectivity index (χ3v) is 2.22. The van der Waals surface area contributed by atoms with Crippen molar-refractivity contribution in [1.82, 2.24) is 0 Å². The minimum absolute atomic E-state index is 0.0513. The molecule has 0 saturated carbocycles. The summed E-state index contributed by atoms with van der Waals surface area (Å²) in [5.74, 6) is 0.0513. The lowest BCUT2D eigenvalue weighted by Crippen LogP contribution is -2.04. The zero-order valence-corrected chi connectivity index (χ0v) is 7.40. The second kappa shape index (κ2) is 2.49. The van der Waals surface area contributed by atoms with Gasteiger partial charge in [0.05, 0.1) is 6.42 Å². The van der Waals surface area contributed by atoms with Crippen molar-refractivity contribution in [2.24, 2.45) is 0 Å². The Morgan fingerprint density at radius 3 is 3.00 bits per heavy atom. The van der Waals surface area contributed by atoms with E-state index in [0.29, 0.717) is 11.4 Å². The summed E-state index contributed by atoms with van der Waals surface area (Å²) in [7, 11) is 0. The number of carbonyl (C=O) groups is 1. The van der Waals surface area contributed by atoms with E-state index in [1.54, 1.807) is 0 Å². The van der Waals surface area contributed by atoms with Gasteiger partial charge in [0, 0.05) is 10.7 Å². The molecule has 0 saturated heterocycles. The van der Waals surface area contributed by atoms with E-state index in [-0.39, 0.29) is 5.91 Å². The van der Waals surface area contributed by atoms with E-state index in [4.69, 9.17) is 11.6 Å². The molecule has 0 spiro atoms. The van der Waals surface area contributed by atoms with Crippen LogP contribution < -0.4 is 5.32 Å². The van der Waals surface area contributed by atoms with E-state index in [2.05, 4.69) is 5.32 Å². The van der Waals surface area contributed by atoms with E-state index in [1.807, 2.05) is 19.1 Å². The van der Waals surface area contributed by atoms with Crippen LogP contribution in [0.15, 0.2) is 12.1 Å². The molecule has 0 radical (unpaired) electrons. The van der Waals surface area contributed by atoms with Crippen molar-refractivity contribution in [3.8, 4) is 0 Å². The molecule has 0 bridgehead atoms. The molecule has 0 fully saturated rings. The zero-order valence-electron chi connectivity index (χ0n) is 6.65. The summed E-state index contributed by atoms with van der Waals surface area (Å²) in [6.07, 6.45) is 0.455. The normalized spacial score (nSPS) is 14.3. The van der Waals surface area contributed by atoms with Gasteiger partial charge in [0.15, 0.2) is 0 Å². The summed E-state index contributed by atoms with van der Waals surface area (Å²) in [5, 5.41) is 3.49. The summed E-state index contributed by atoms with van der Waals surface area (Å²) in [4.78, 5) is 11.0. The number of hydrogen-bond donors (Lipinski definition) is 1. The van der Waals surface area contributed by atoms with Crippen molar-refractivity contribution in [1.29, 1.82) is 0 Å². The van der Waals surface area contributed by atoms with Crippen molar-refractivity contribution in [2.75, 3.05) is 5.32 Å². The molecule has 1 aliphatic rings. The number of aryl methyl sites for hydroxylation is 1. The predicted molar refractivity (Wildman–Crippen MR) is 48.5 cm³/mol. The van der Waals surface area contributed by atoms with Crippen molar-refractivity contribution in [2.45, 2.75) is 13.3 Å². The number of benzene rings is 1. The molecular formula is C9H8ClNO. The molecule has 0 atom stereocenters. The first-order chi connectivity index (χ1) is 5.66. The van der Waals surface area contributed by atoms with Crippen LogP contribution in [-0.4, -0.2) is 5.91 Å². The van der Waals surface area contributed by atoms with Crippen LogP contribution in [0.3, 0.4) is 0 Å². The molecule has 2 rings (SSSR count). The fourth-order valence-corrected chi connectivity index (χ4v) is 1.78. The molecule has 1 aromatic carbocycles. The average molecular weight is 182 g/mol. The number of nitrogens with one attached hydrogen (secondary N) is 1. The Labute approximate surface area is 75.5 Å². The molecule has 1 N–H and O–H groups in total. The van der Waals surface area contributed by atoms with Gasteiger partial charge in [0.2, 0.25) is 5.91 Å². The summed E-state index contributed by atoms with van der Waals surface area (Å²) in [6.45, 7) is 1.94. The number of rotatable bonds is 0. The van der Waals surface area contributed by atoms with E-state index in [1.165, 1.54) is 0 Å². The van der Waals surface area contributed by atoms with Gasteiger partial charge in [0.25, 0.3) is 0 Å². The first kappa shape index (κ1) is 7.62. The van der Waals surface area contributed by atoms with Crippen LogP contribution in [0.1, 0.15) is 11.1 Å². The molecule has 1 aromatic rings. The first-order valence-electron chi connectivity index (χ1n) is 3.75. The third kappa shape index (κ3) is 1.08. The minimum atomic E-state index is 0.0513. The van der Waals surface area contributed by atoms with Crippen LogP contribution in [0.4, 0.5) is 5.69 Å². The van der Waals surface area contributed by atoms with Crippen LogP contribution >= 0.6 is 11.6 Å². The van der Waals surface area contributed by atoms with Crippen LogP contribution in [0.2, 0.25) is 5.02 Å². The Hall–Kier alpha value is -1.02. The molecular weight excluding hydrogens is 174 g/mol. The van der Waals surface area contributed by atoms with Gasteiger partial charge in [-0.05, 0) is 30.2 Å². The van der Waals surface area contributed by atoms with Gasteiger partial charge in [-0.25, -0.2) is 0 Å². The van der Waals surface area contributed by atoms with Gasteiger partial charge >= 0.3 is 0 Å². The molecule has 0 aliphatic carbocycles. The van der Waals surface area contributed by atoms with Crippen molar-refractivity contribution in [3.63, 3.8) is 0 Å². The van der Waals surface area contributed by atoms with Crippen molar-refractivity contribution in [3.05, 3.63) is 28.3 Å². The Kier molecular flexibility index (Phi) is 1.58. The summed E-state index contributed by atoms with van der Waals surface area (Å²) in [5.41, 5.74) is 2.97. The van der Waals surface area contributed by atoms with Crippen LogP contribution in [0, 0.1) is 6.92 Å². The smallest absolute Gasteiger partial charge is 0.228 e. The predicted octanol–water partition coefficient (Wildman–Crippen LogP) is 2.14. The number of halogens is 1. The molecule has 1 amide bonds. The molecule has 1 heterocycles. The lowest BCUT2D eigenvalue weighted by Gasteiger charge is -2.02. The molecule has 0 aromatic heterocycles. The molecule has 1 aliphatic heterocycles. The number of amides is 1. The fraction of sp³-hybridized carbons (Fsp3) is 0.222. The maximum atomic E-state index is 11.0. The minimum Gasteiger partial charge on any atom is -0.325 e. The summed E-state index contributed by atoms with van der Waals surface area (Å²) < 4.78 is 0. The van der Waals surface area contributed by atoms with Crippen LogP contribution in [0.25, 0.3) is 0 Å². The second-order valence-electron chi connectivity index (χ2n) is 2.98. The van der Waals surface area contributed by atoms with Crippen molar-refractivity contribution < 1.29 is 4.79 Å². The monoisotopic (exact) mass is 181 g/mol. The molecule has 12 heavy (non-hydrogen) atoms. The highest BCUT2D eigenvalue weighted by Crippen LogP contribution is 2.29. The molecule has 3 heteroatoms. The Bertz CT molecular complexity index is 360. The van der Waals surface area contributed by atoms with E-state index in [9.17, 15) is 4.79 Å². The van der Waals surface area contributed by atoms with E-state index >= 15 is 0 Å². The quantitative estimate of drug-likeness (QED) is 0.653. The van der Waals surface area contributed by atoms with Gasteiger partial charge < -0.3 is 5.32 Å². The first-order valence-corrected chi connectivity index (χ1v) is 4.13. The zero-order chi connectivity index (χ0) is 8.72. The largest absolute Gasteiger partial charge is 0.325 e. The van der Waals surface area contributed by atoms with Crippen molar-refractivity contribution >= 4 is 23.2 Å². The molecule has 0 unspecified atom stereocenters. The van der Waals surface area contributed by atoms with Gasteiger partial charge in [-0.1, -0.05) is 11.6 Å². The molecule has 2 nitrogen and oxygen atoms in total.